The number of nitrogens with one attached hydrogen (secondary N) is 6. The summed E-state index contributed by atoms with van der Waals surface area (Å²) < 4.78 is 321. The lowest BCUT2D eigenvalue weighted by molar-refractivity contribution is -0.232. The van der Waals surface area contributed by atoms with Crippen molar-refractivity contribution in [2.75, 3.05) is 38.1 Å². The molecule has 0 radical (unpaired) electrons. The van der Waals surface area contributed by atoms with Crippen LogP contribution in [-0.4, -0.2) is 161 Å². The second-order valence-electron chi connectivity index (χ2n) is 28.1. The molecular weight excluding hydrogens is 2220 g/mol. The second-order valence-corrected chi connectivity index (χ2v) is 50.3. The van der Waals surface area contributed by atoms with E-state index in [0.717, 1.165) is 43.1 Å². The Balaban J connectivity index is 0.000000290. The molecule has 0 spiro atoms. The van der Waals surface area contributed by atoms with Gasteiger partial charge in [0.1, 0.15) is 24.9 Å². The fourth-order valence-electron chi connectivity index (χ4n) is 11.3. The Kier molecular flexibility index (Phi) is 40.5. The van der Waals surface area contributed by atoms with E-state index in [9.17, 15) is 172 Å². The first-order chi connectivity index (χ1) is 64.9. The number of anilines is 1. The molecule has 9 rings (SSSR count). The molecule has 69 nitrogen and oxygen atoms in total. The normalized spacial score (nSPS) is 25.4. The van der Waals surface area contributed by atoms with Crippen LogP contribution < -0.4 is 94.3 Å². The number of nitrogens with zero attached hydrogens (tertiary/aromatic N) is 19. The predicted octanol–water partition coefficient (Wildman–Crippen LogP) is 3.41. The van der Waals surface area contributed by atoms with Gasteiger partial charge in [0.2, 0.25) is 60.8 Å². The number of benzene rings is 1. The van der Waals surface area contributed by atoms with Crippen LogP contribution in [-0.2, 0) is 109 Å². The van der Waals surface area contributed by atoms with Gasteiger partial charge < -0.3 is 119 Å². The average Bonchev–Trinajstić information content (AvgIpc) is 1.06. The van der Waals surface area contributed by atoms with Crippen LogP contribution in [0.5, 0.6) is 0 Å². The molecule has 4 aromatic heterocycles. The van der Waals surface area contributed by atoms with Gasteiger partial charge in [-0.15, -0.1) is 4.20 Å². The topological polar surface area (TPSA) is 1070 Å². The molecule has 10 N–H and O–H groups in total. The number of halogens is 9. The Morgan fingerprint density at radius 3 is 0.930 bits per heavy atom. The Hall–Kier alpha value is -8.58. The van der Waals surface area contributed by atoms with Crippen LogP contribution in [0.3, 0.4) is 0 Å². The summed E-state index contributed by atoms with van der Waals surface area (Å²) in [5, 5.41) is -6.38. The van der Waals surface area contributed by atoms with Crippen molar-refractivity contribution in [3.8, 4) is 0 Å². The minimum absolute atomic E-state index is 0.0755. The molecule has 4 aliphatic rings. The molecule has 0 saturated carbocycles. The lowest BCUT2D eigenvalue weighted by atomic mass is 10.1. The molecule has 4 aliphatic heterocycles. The van der Waals surface area contributed by atoms with Crippen molar-refractivity contribution >= 4 is 97.6 Å². The van der Waals surface area contributed by atoms with Gasteiger partial charge in [-0.05, 0) is 67.5 Å². The Labute approximate surface area is 776 Å². The van der Waals surface area contributed by atoms with Gasteiger partial charge in [-0.1, -0.05) is 45.6 Å². The van der Waals surface area contributed by atoms with Crippen molar-refractivity contribution in [3.63, 3.8) is 0 Å². The number of aromatic amines is 4. The highest BCUT2D eigenvalue weighted by Crippen LogP contribution is 2.79. The van der Waals surface area contributed by atoms with Gasteiger partial charge in [0.25, 0.3) is 22.2 Å². The minimum atomic E-state index is -7.18. The van der Waals surface area contributed by atoms with Gasteiger partial charge in [-0.25, -0.2) is 50.9 Å². The summed E-state index contributed by atoms with van der Waals surface area (Å²) in [6, 6.07) is 1.89. The molecule has 4 saturated heterocycles. The molecule has 8 heterocycles. The number of aromatic nitrogens is 8. The molecule has 90 heteroatoms. The average molecular weight is 2290 g/mol. The molecule has 0 amide bonds. The van der Waals surface area contributed by atoms with Gasteiger partial charge in [0.15, 0.2) is 0 Å². The zero-order chi connectivity index (χ0) is 108. The van der Waals surface area contributed by atoms with Crippen LogP contribution in [0.4, 0.5) is 45.0 Å². The predicted molar refractivity (Wildman–Crippen MR) is 432 cm³/mol. The van der Waals surface area contributed by atoms with Crippen LogP contribution >= 0.6 is 91.9 Å². The van der Waals surface area contributed by atoms with E-state index >= 15 is 0 Å². The number of aryl methyl sites for hydroxylation is 4. The van der Waals surface area contributed by atoms with Gasteiger partial charge in [-0.3, -0.25) is 84.9 Å². The standard InChI is InChI=1S/C17H21F2N6O11P3.C13H21F2N6O11P3.C11H15F3N5O11P3.C11H15F2N8O11P3/c1-10-8-25(16(27)21-15(10)26)14-7-12(22-24-20)13(35-14)9-34-39(33,23-11-5-3-2-4-6-11)36-38(31,32)17(18,19)37(28,29)30;1-3-17-35(29,32-34(27,28)13(14,15)33(24,25)26)30-6-9-8(19-20-16)4-10(31-9)21-5-7(2)11(22)18-12(21)23;1-5-3-19(10(21)16-9(5)20)8-2-6(17-18-15)7(29-8)4-28-33(14,27)30-32(25,26)11(12,13)31(22,23)24;1-5-3-21(10(23)16-9(5)22)8-2-6(17-18-14)7(31-8)4-30-35(29,20-19-15)32-34(27,28)11(12,13)33(24,25)26/h2-6,8,12-14H,7,9H2,1H3,(H,23,33)(H,31,32)(H,21,26,27)(H2,28,29,30);5,8-10H,3-4,6H2,1-2H3,(H,17,29)(H,27,28)(H,18,22,23)(H2,24,25,26);3,6-8H,2,4H2,1H3,(H,25,26)(H,16,20,21)(H2,22,23,24);3,6-8H,2,4H2,1H3,(H,27,28)(H,16,22,23)(H2,24,25,26)/p-8/t12-,13-,14-,39?;8-,9-,10-,35?;6-,7-,8-,33?;6-,7-,8-,35?/m1111/s1. The number of para-hydroxylation sites is 1. The summed E-state index contributed by atoms with van der Waals surface area (Å²) in [5.41, 5.74) is 37.3. The first kappa shape index (κ1) is 122. The molecule has 1 aromatic carbocycles. The van der Waals surface area contributed by atoms with Crippen LogP contribution in [0.15, 0.2) is 119 Å². The Bertz CT molecular complexity index is 6970. The minimum Gasteiger partial charge on any atom is -0.774 e. The summed E-state index contributed by atoms with van der Waals surface area (Å²) in [5.74, 6) is 0. The lowest BCUT2D eigenvalue weighted by Gasteiger charge is -2.37. The van der Waals surface area contributed by atoms with Crippen molar-refractivity contribution in [2.24, 2.45) is 25.3 Å². The molecule has 792 valence electrons. The zero-order valence-electron chi connectivity index (χ0n) is 70.4. The second kappa shape index (κ2) is 47.1. The molecular formula is C52H64F9N25O44P12-8. The van der Waals surface area contributed by atoms with Crippen LogP contribution in [0.25, 0.3) is 52.2 Å². The summed E-state index contributed by atoms with van der Waals surface area (Å²) in [4.78, 5) is 241. The third-order valence-corrected chi connectivity index (χ3v) is 39.7. The monoisotopic (exact) mass is 2290 g/mol. The van der Waals surface area contributed by atoms with E-state index in [1.807, 2.05) is 35.0 Å². The van der Waals surface area contributed by atoms with Gasteiger partial charge in [0.05, 0.1) is 75.0 Å². The maximum absolute atomic E-state index is 14.0. The number of alkyl halides is 8. The smallest absolute Gasteiger partial charge is 0.518 e. The quantitative estimate of drug-likeness (QED) is 0.00881. The SMILES string of the molecule is CCNP(=O)(OC[C@H]1O[C@@H](n2cc(C)c(=O)[nH]c2=O)C[C@H]1N=[N+]=[N-])OP(=O)([O-])C(F)(F)P(=O)([O-])O.Cc1cn([C@H]2C[C@@H](N=[N+]=[N-])[C@@H](COP(=O)(F)OP(=O)([O-])C(F)(F)P(=O)([O-])O)O2)c(=O)[nH]c1=O.Cc1cn([C@H]2C[C@@H](N=[N+]=[N-])[C@@H](COP(=O)(N=[N+]=[N-])OP(=O)([O-])C(F)(F)P(=O)([O-])O)O2)c(=O)[nH]c1=O.Cc1cn([C@H]2C[C@@H](N=[N+]=[N-])[C@@H](COP(=O)(Nc3ccccc3)OP(=O)([O-])C(F)(F)P(=O)([O-])O)O2)c(=O)[nH]c1=O. The molecule has 0 aliphatic carbocycles. The van der Waals surface area contributed by atoms with Crippen molar-refractivity contribution in [1.29, 1.82) is 0 Å². The highest BCUT2D eigenvalue weighted by atomic mass is 31.3. The first-order valence-corrected chi connectivity index (χ1v) is 55.5. The van der Waals surface area contributed by atoms with Gasteiger partial charge >= 0.3 is 75.5 Å². The number of rotatable bonds is 41. The van der Waals surface area contributed by atoms with Gasteiger partial charge in [-0.2, -0.15) is 35.1 Å². The highest BCUT2D eigenvalue weighted by molar-refractivity contribution is 7.77. The fourth-order valence-corrected chi connectivity index (χ4v) is 27.3. The summed E-state index contributed by atoms with van der Waals surface area (Å²) in [7, 11) is -78.7. The van der Waals surface area contributed by atoms with E-state index in [0.29, 0.717) is 0 Å². The van der Waals surface area contributed by atoms with Crippen molar-refractivity contribution in [1.82, 2.24) is 43.3 Å². The number of hydrogen-bond acceptors (Lipinski definition) is 44. The summed E-state index contributed by atoms with van der Waals surface area (Å²) in [6.07, 6.45) is -6.91. The number of H-pyrrole nitrogens is 4. The Morgan fingerprint density at radius 2 is 0.662 bits per heavy atom. The summed E-state index contributed by atoms with van der Waals surface area (Å²) >= 11 is 0. The Morgan fingerprint density at radius 1 is 0.408 bits per heavy atom. The summed E-state index contributed by atoms with van der Waals surface area (Å²) in [6.45, 7) is 2.10. The van der Waals surface area contributed by atoms with Crippen LogP contribution in [0.2, 0.25) is 0 Å². The van der Waals surface area contributed by atoms with Gasteiger partial charge in [0, 0.05) is 114 Å². The van der Waals surface area contributed by atoms with E-state index in [2.05, 4.69) is 71.3 Å². The van der Waals surface area contributed by atoms with E-state index < -0.39 is 258 Å². The highest BCUT2D eigenvalue weighted by Gasteiger charge is 2.60. The van der Waals surface area contributed by atoms with Crippen LogP contribution in [0, 0.1) is 27.7 Å². The van der Waals surface area contributed by atoms with Crippen LogP contribution in [0.1, 0.15) is 79.8 Å². The van der Waals surface area contributed by atoms with E-state index in [1.54, 1.807) is 0 Å². The molecule has 24 atom stereocenters. The van der Waals surface area contributed by atoms with Crippen molar-refractivity contribution in [3.05, 3.63) is 213 Å². The first-order valence-electron chi connectivity index (χ1n) is 37.0. The fraction of sp³-hybridized carbons (Fsp3) is 0.577. The molecule has 12 unspecified atom stereocenters. The molecule has 0 bridgehead atoms. The van der Waals surface area contributed by atoms with Crippen molar-refractivity contribution < 1.29 is 207 Å². The molecule has 142 heavy (non-hydrogen) atoms. The number of hydrogen-bond donors (Lipinski definition) is 10. The lowest BCUT2D eigenvalue weighted by Crippen LogP contribution is -2.33. The van der Waals surface area contributed by atoms with E-state index in [4.69, 9.17) is 75.2 Å². The van der Waals surface area contributed by atoms with Crippen molar-refractivity contribution in [2.45, 2.75) is 155 Å². The third-order valence-electron chi connectivity index (χ3n) is 18.1. The zero-order valence-corrected chi connectivity index (χ0v) is 81.1. The number of ether oxygens (including phenoxy) is 4. The third kappa shape index (κ3) is 30.1. The molecule has 4 fully saturated rings. The maximum atomic E-state index is 14.0. The largest absolute Gasteiger partial charge is 0.774 e. The molecule has 5 aromatic rings. The van der Waals surface area contributed by atoms with E-state index in [-0.39, 0.29) is 60.2 Å². The maximum Gasteiger partial charge on any atom is 0.518 e. The van der Waals surface area contributed by atoms with E-state index in [1.165, 1.54) is 65.0 Å². The number of azide groups is 5.